The summed E-state index contributed by atoms with van der Waals surface area (Å²) in [4.78, 5) is 15.2. The zero-order chi connectivity index (χ0) is 19.6. The molecule has 0 amide bonds. The summed E-state index contributed by atoms with van der Waals surface area (Å²) in [5.74, 6) is -1.10. The van der Waals surface area contributed by atoms with Gasteiger partial charge in [-0.1, -0.05) is 19.4 Å². The lowest BCUT2D eigenvalue weighted by Gasteiger charge is -2.27. The molecule has 1 atom stereocenters. The first-order valence-electron chi connectivity index (χ1n) is 9.50. The Labute approximate surface area is 164 Å². The Balaban J connectivity index is 2.04. The highest BCUT2D eigenvalue weighted by molar-refractivity contribution is 8.00. The van der Waals surface area contributed by atoms with Crippen LogP contribution in [0.2, 0.25) is 0 Å². The summed E-state index contributed by atoms with van der Waals surface area (Å²) in [6, 6.07) is 3.31. The zero-order valence-corrected chi connectivity index (χ0v) is 16.6. The molecule has 6 heteroatoms. The SMILES string of the molecule is C=CCC(N=Cc1cc(F)c(OCCCC(=O)O)c(CC)c1)SC1CCC1. The molecule has 148 valence electrons. The molecular formula is C21H28FNO3S. The van der Waals surface area contributed by atoms with Gasteiger partial charge in [0, 0.05) is 17.9 Å². The molecule has 1 fully saturated rings. The van der Waals surface area contributed by atoms with E-state index in [1.54, 1.807) is 6.21 Å². The van der Waals surface area contributed by atoms with Gasteiger partial charge in [-0.3, -0.25) is 9.79 Å². The first kappa shape index (κ1) is 21.5. The Bertz CT molecular complexity index is 674. The van der Waals surface area contributed by atoms with Crippen LogP contribution in [0.5, 0.6) is 5.75 Å². The van der Waals surface area contributed by atoms with Gasteiger partial charge in [0.15, 0.2) is 11.6 Å². The first-order valence-corrected chi connectivity index (χ1v) is 10.4. The normalized spacial score (nSPS) is 15.5. The standard InChI is InChI=1S/C21H28FNO3S/c1-3-7-19(27-17-8-5-9-17)23-14-15-12-16(4-2)21(18(22)13-15)26-11-6-10-20(24)25/h3,12-14,17,19H,1,4-11H2,2H3,(H,24,25). The first-order chi connectivity index (χ1) is 13.0. The van der Waals surface area contributed by atoms with E-state index in [9.17, 15) is 9.18 Å². The van der Waals surface area contributed by atoms with E-state index in [0.717, 1.165) is 12.0 Å². The van der Waals surface area contributed by atoms with Crippen molar-refractivity contribution in [2.24, 2.45) is 4.99 Å². The minimum absolute atomic E-state index is 0.0111. The van der Waals surface area contributed by atoms with E-state index in [0.29, 0.717) is 23.7 Å². The quantitative estimate of drug-likeness (QED) is 0.300. The lowest BCUT2D eigenvalue weighted by molar-refractivity contribution is -0.137. The van der Waals surface area contributed by atoms with Crippen molar-refractivity contribution in [1.29, 1.82) is 0 Å². The van der Waals surface area contributed by atoms with Crippen LogP contribution in [0, 0.1) is 5.82 Å². The summed E-state index contributed by atoms with van der Waals surface area (Å²) >= 11 is 1.87. The van der Waals surface area contributed by atoms with E-state index in [-0.39, 0.29) is 24.2 Å². The van der Waals surface area contributed by atoms with Crippen molar-refractivity contribution in [3.05, 3.63) is 41.7 Å². The van der Waals surface area contributed by atoms with E-state index >= 15 is 0 Å². The molecule has 1 aromatic carbocycles. The molecule has 0 spiro atoms. The van der Waals surface area contributed by atoms with Crippen molar-refractivity contribution >= 4 is 23.9 Å². The van der Waals surface area contributed by atoms with Crippen molar-refractivity contribution in [1.82, 2.24) is 0 Å². The van der Waals surface area contributed by atoms with Crippen LogP contribution in [0.4, 0.5) is 4.39 Å². The minimum Gasteiger partial charge on any atom is -0.490 e. The molecule has 0 bridgehead atoms. The highest BCUT2D eigenvalue weighted by Gasteiger charge is 2.21. The highest BCUT2D eigenvalue weighted by Crippen LogP contribution is 2.35. The molecule has 27 heavy (non-hydrogen) atoms. The number of carboxylic acids is 1. The molecule has 0 heterocycles. The van der Waals surface area contributed by atoms with Gasteiger partial charge in [-0.05, 0) is 55.4 Å². The molecule has 2 rings (SSSR count). The number of aliphatic imine (C=N–C) groups is 1. The van der Waals surface area contributed by atoms with Gasteiger partial charge in [0.05, 0.1) is 12.0 Å². The number of hydrogen-bond donors (Lipinski definition) is 1. The third-order valence-electron chi connectivity index (χ3n) is 4.47. The van der Waals surface area contributed by atoms with Gasteiger partial charge in [0.25, 0.3) is 0 Å². The average Bonchev–Trinajstić information content (AvgIpc) is 2.60. The molecule has 1 aromatic rings. The Morgan fingerprint density at radius 2 is 2.30 bits per heavy atom. The van der Waals surface area contributed by atoms with Crippen molar-refractivity contribution in [2.75, 3.05) is 6.61 Å². The lowest BCUT2D eigenvalue weighted by atomic mass is 10.00. The number of halogens is 1. The maximum atomic E-state index is 14.5. The molecule has 1 aliphatic carbocycles. The Morgan fingerprint density at radius 3 is 2.89 bits per heavy atom. The number of carbonyl (C=O) groups is 1. The summed E-state index contributed by atoms with van der Waals surface area (Å²) in [5, 5.41) is 9.46. The molecule has 1 saturated carbocycles. The predicted octanol–water partition coefficient (Wildman–Crippen LogP) is 5.24. The molecule has 1 aliphatic rings. The van der Waals surface area contributed by atoms with Crippen LogP contribution >= 0.6 is 11.8 Å². The molecule has 4 nitrogen and oxygen atoms in total. The Morgan fingerprint density at radius 1 is 1.52 bits per heavy atom. The Kier molecular flexibility index (Phi) is 8.85. The number of carboxylic acid groups (broad SMARTS) is 1. The Hall–Kier alpha value is -1.82. The third-order valence-corrected chi connectivity index (χ3v) is 5.95. The lowest BCUT2D eigenvalue weighted by Crippen LogP contribution is -2.17. The van der Waals surface area contributed by atoms with Gasteiger partial charge in [0.2, 0.25) is 0 Å². The number of thioether (sulfide) groups is 1. The van der Waals surface area contributed by atoms with Crippen LogP contribution in [-0.4, -0.2) is 34.5 Å². The van der Waals surface area contributed by atoms with E-state index < -0.39 is 11.8 Å². The van der Waals surface area contributed by atoms with E-state index in [1.165, 1.54) is 25.3 Å². The van der Waals surface area contributed by atoms with Crippen molar-refractivity contribution in [3.8, 4) is 5.75 Å². The smallest absolute Gasteiger partial charge is 0.303 e. The summed E-state index contributed by atoms with van der Waals surface area (Å²) in [6.45, 7) is 5.93. The summed E-state index contributed by atoms with van der Waals surface area (Å²) in [7, 11) is 0. The molecule has 1 N–H and O–H groups in total. The van der Waals surface area contributed by atoms with Crippen LogP contribution < -0.4 is 4.74 Å². The van der Waals surface area contributed by atoms with Crippen molar-refractivity contribution in [3.63, 3.8) is 0 Å². The summed E-state index contributed by atoms with van der Waals surface area (Å²) in [5.41, 5.74) is 1.48. The van der Waals surface area contributed by atoms with Crippen LogP contribution in [0.15, 0.2) is 29.8 Å². The minimum atomic E-state index is -0.879. The second kappa shape index (κ2) is 11.1. The molecular weight excluding hydrogens is 365 g/mol. The van der Waals surface area contributed by atoms with Crippen molar-refractivity contribution in [2.45, 2.75) is 62.5 Å². The summed E-state index contributed by atoms with van der Waals surface area (Å²) in [6.07, 6.45) is 9.18. The van der Waals surface area contributed by atoms with Crippen LogP contribution in [0.25, 0.3) is 0 Å². The maximum Gasteiger partial charge on any atom is 0.303 e. The van der Waals surface area contributed by atoms with E-state index in [4.69, 9.17) is 9.84 Å². The largest absolute Gasteiger partial charge is 0.490 e. The van der Waals surface area contributed by atoms with Gasteiger partial charge in [-0.25, -0.2) is 4.39 Å². The van der Waals surface area contributed by atoms with Gasteiger partial charge in [0.1, 0.15) is 0 Å². The van der Waals surface area contributed by atoms with Crippen LogP contribution in [-0.2, 0) is 11.2 Å². The number of hydrogen-bond acceptors (Lipinski definition) is 4. The zero-order valence-electron chi connectivity index (χ0n) is 15.8. The predicted molar refractivity (Wildman–Crippen MR) is 110 cm³/mol. The third kappa shape index (κ3) is 7.01. The van der Waals surface area contributed by atoms with Gasteiger partial charge < -0.3 is 9.84 Å². The number of aliphatic carboxylic acids is 1. The van der Waals surface area contributed by atoms with Crippen LogP contribution in [0.1, 0.15) is 56.6 Å². The fourth-order valence-corrected chi connectivity index (χ4v) is 4.19. The highest BCUT2D eigenvalue weighted by atomic mass is 32.2. The number of aryl methyl sites for hydroxylation is 1. The van der Waals surface area contributed by atoms with Gasteiger partial charge >= 0.3 is 5.97 Å². The fourth-order valence-electron chi connectivity index (χ4n) is 2.76. The van der Waals surface area contributed by atoms with Crippen molar-refractivity contribution < 1.29 is 19.0 Å². The molecule has 0 radical (unpaired) electrons. The second-order valence-electron chi connectivity index (χ2n) is 6.64. The number of ether oxygens (including phenoxy) is 1. The maximum absolute atomic E-state index is 14.5. The molecule has 1 unspecified atom stereocenters. The summed E-state index contributed by atoms with van der Waals surface area (Å²) < 4.78 is 20.0. The number of nitrogens with zero attached hydrogens (tertiary/aromatic N) is 1. The monoisotopic (exact) mass is 393 g/mol. The topological polar surface area (TPSA) is 58.9 Å². The molecule has 0 aromatic heterocycles. The molecule has 0 aliphatic heterocycles. The average molecular weight is 394 g/mol. The van der Waals surface area contributed by atoms with E-state index in [2.05, 4.69) is 11.6 Å². The van der Waals surface area contributed by atoms with Gasteiger partial charge in [-0.15, -0.1) is 18.3 Å². The number of benzene rings is 1. The molecule has 0 saturated heterocycles. The second-order valence-corrected chi connectivity index (χ2v) is 8.12. The van der Waals surface area contributed by atoms with Crippen LogP contribution in [0.3, 0.4) is 0 Å². The fraction of sp³-hybridized carbons (Fsp3) is 0.524. The van der Waals surface area contributed by atoms with E-state index in [1.807, 2.05) is 30.8 Å². The number of rotatable bonds is 12. The van der Waals surface area contributed by atoms with Gasteiger partial charge in [-0.2, -0.15) is 0 Å².